The number of fused-ring (bicyclic) bond motifs is 1. The van der Waals surface area contributed by atoms with E-state index in [4.69, 9.17) is 14.2 Å². The summed E-state index contributed by atoms with van der Waals surface area (Å²) in [5.41, 5.74) is 1.26. The maximum absolute atomic E-state index is 13.5. The van der Waals surface area contributed by atoms with Crippen LogP contribution in [0.2, 0.25) is 0 Å². The van der Waals surface area contributed by atoms with E-state index in [1.54, 1.807) is 0 Å². The minimum absolute atomic E-state index is 0.0108. The molecule has 0 aliphatic carbocycles. The summed E-state index contributed by atoms with van der Waals surface area (Å²) in [6, 6.07) is 0. The molecule has 0 saturated carbocycles. The summed E-state index contributed by atoms with van der Waals surface area (Å²) >= 11 is 1.36. The summed E-state index contributed by atoms with van der Waals surface area (Å²) < 4.78 is 17.1. The standard InChI is InChI=1S/C51H89N3O8S/c1-6-9-12-15-17-21-28-39-60-47(57)34-25-20-19-24-32-45(55)52-50-49(51(59)61-40-29-37-53(4)5)43-36-38-54(41-44(43)63-50)46(56)33-26-27-35-48(58)62-42(30-22-14-11-8-3)31-23-18-16-13-10-7-2/h42H,6-41H2,1-5H3,(H,52,55). The molecular formula is C51H89N3O8S. The first-order chi connectivity index (χ1) is 30.6. The van der Waals surface area contributed by atoms with E-state index in [9.17, 15) is 24.0 Å². The molecule has 1 unspecified atom stereocenters. The zero-order valence-corrected chi connectivity index (χ0v) is 41.4. The summed E-state index contributed by atoms with van der Waals surface area (Å²) in [6.07, 6.45) is 29.0. The van der Waals surface area contributed by atoms with Crippen LogP contribution >= 0.6 is 11.3 Å². The molecule has 1 aromatic rings. The second-order valence-electron chi connectivity index (χ2n) is 18.1. The van der Waals surface area contributed by atoms with Crippen LogP contribution in [0, 0.1) is 0 Å². The van der Waals surface area contributed by atoms with Crippen LogP contribution in [0.3, 0.4) is 0 Å². The SMILES string of the molecule is CCCCCCCCCOC(=O)CCCCCCC(=O)Nc1sc2c(c1C(=O)OCCCN(C)C)CCN(C(=O)CCCCC(=O)OC(CCCCCC)CCCCCCCC)C2. The highest BCUT2D eigenvalue weighted by Crippen LogP contribution is 2.38. The minimum atomic E-state index is -0.442. The van der Waals surface area contributed by atoms with Gasteiger partial charge in [0, 0.05) is 43.6 Å². The van der Waals surface area contributed by atoms with Crippen LogP contribution in [0.25, 0.3) is 0 Å². The molecule has 12 heteroatoms. The predicted molar refractivity (Wildman–Crippen MR) is 257 cm³/mol. The lowest BCUT2D eigenvalue weighted by Crippen LogP contribution is -2.35. The monoisotopic (exact) mass is 904 g/mol. The largest absolute Gasteiger partial charge is 0.466 e. The summed E-state index contributed by atoms with van der Waals surface area (Å²) in [7, 11) is 3.95. The van der Waals surface area contributed by atoms with Gasteiger partial charge < -0.3 is 29.3 Å². The van der Waals surface area contributed by atoms with Gasteiger partial charge >= 0.3 is 17.9 Å². The first-order valence-electron chi connectivity index (χ1n) is 25.5. The number of esters is 3. The average Bonchev–Trinajstić information content (AvgIpc) is 3.62. The van der Waals surface area contributed by atoms with Gasteiger partial charge in [-0.3, -0.25) is 19.2 Å². The smallest absolute Gasteiger partial charge is 0.341 e. The van der Waals surface area contributed by atoms with E-state index in [1.807, 2.05) is 23.9 Å². The van der Waals surface area contributed by atoms with E-state index in [2.05, 4.69) is 26.1 Å². The highest BCUT2D eigenvalue weighted by molar-refractivity contribution is 7.17. The van der Waals surface area contributed by atoms with Gasteiger partial charge in [0.2, 0.25) is 11.8 Å². The Hall–Kier alpha value is -2.99. The van der Waals surface area contributed by atoms with E-state index in [0.29, 0.717) is 88.0 Å². The fourth-order valence-corrected chi connectivity index (χ4v) is 9.38. The lowest BCUT2D eigenvalue weighted by Gasteiger charge is -2.27. The molecule has 0 fully saturated rings. The van der Waals surface area contributed by atoms with Gasteiger partial charge in [0.25, 0.3) is 0 Å². The van der Waals surface area contributed by atoms with Gasteiger partial charge in [0.15, 0.2) is 0 Å². The van der Waals surface area contributed by atoms with Gasteiger partial charge in [-0.05, 0) is 90.3 Å². The number of hydrogen-bond acceptors (Lipinski definition) is 10. The number of thiophene rings is 1. The van der Waals surface area contributed by atoms with Crippen molar-refractivity contribution in [2.45, 2.75) is 232 Å². The fourth-order valence-electron chi connectivity index (χ4n) is 8.11. The first kappa shape index (κ1) is 56.1. The molecule has 2 rings (SSSR count). The van der Waals surface area contributed by atoms with Gasteiger partial charge in [0.1, 0.15) is 11.1 Å². The molecule has 2 heterocycles. The van der Waals surface area contributed by atoms with Crippen molar-refractivity contribution >= 4 is 46.1 Å². The molecule has 1 aromatic heterocycles. The number of nitrogens with zero attached hydrogens (tertiary/aromatic N) is 2. The second-order valence-corrected chi connectivity index (χ2v) is 19.2. The van der Waals surface area contributed by atoms with Crippen molar-refractivity contribution in [2.75, 3.05) is 45.7 Å². The summed E-state index contributed by atoms with van der Waals surface area (Å²) in [6.45, 7) is 9.06. The molecule has 1 aliphatic rings. The Labute approximate surface area is 386 Å². The fraction of sp³-hybridized carbons (Fsp3) is 0.824. The first-order valence-corrected chi connectivity index (χ1v) is 26.3. The van der Waals surface area contributed by atoms with Gasteiger partial charge in [-0.1, -0.05) is 124 Å². The third-order valence-corrected chi connectivity index (χ3v) is 13.1. The molecule has 1 atom stereocenters. The van der Waals surface area contributed by atoms with Gasteiger partial charge in [-0.2, -0.15) is 0 Å². The van der Waals surface area contributed by atoms with Gasteiger partial charge in [-0.15, -0.1) is 11.3 Å². The Bertz CT molecular complexity index is 1410. The Balaban J connectivity index is 1.84. The molecule has 1 N–H and O–H groups in total. The molecule has 362 valence electrons. The van der Waals surface area contributed by atoms with E-state index >= 15 is 0 Å². The van der Waals surface area contributed by atoms with Crippen molar-refractivity contribution in [3.63, 3.8) is 0 Å². The summed E-state index contributed by atoms with van der Waals surface area (Å²) in [5.74, 6) is -0.881. The molecule has 2 amide bonds. The minimum Gasteiger partial charge on any atom is -0.466 e. The third kappa shape index (κ3) is 26.5. The van der Waals surface area contributed by atoms with Gasteiger partial charge in [0.05, 0.1) is 25.3 Å². The maximum atomic E-state index is 13.5. The van der Waals surface area contributed by atoms with Crippen LogP contribution in [0.4, 0.5) is 5.00 Å². The molecular weight excluding hydrogens is 815 g/mol. The lowest BCUT2D eigenvalue weighted by molar-refractivity contribution is -0.150. The van der Waals surface area contributed by atoms with E-state index < -0.39 is 5.97 Å². The van der Waals surface area contributed by atoms with Crippen LogP contribution in [-0.4, -0.2) is 86.0 Å². The molecule has 0 saturated heterocycles. The number of unbranched alkanes of at least 4 members (excludes halogenated alkanes) is 18. The molecule has 0 spiro atoms. The summed E-state index contributed by atoms with van der Waals surface area (Å²) in [4.78, 5) is 69.9. The Kier molecular flexibility index (Phi) is 32.3. The molecule has 0 bridgehead atoms. The number of amides is 2. The number of nitrogens with one attached hydrogen (secondary N) is 1. The zero-order valence-electron chi connectivity index (χ0n) is 40.6. The number of ether oxygens (including phenoxy) is 3. The quantitative estimate of drug-likeness (QED) is 0.0390. The number of carbonyl (C=O) groups is 5. The molecule has 0 radical (unpaired) electrons. The second kappa shape index (κ2) is 36.3. The topological polar surface area (TPSA) is 132 Å². The summed E-state index contributed by atoms with van der Waals surface area (Å²) in [5, 5.41) is 3.50. The lowest BCUT2D eigenvalue weighted by atomic mass is 10.0. The number of hydrogen-bond donors (Lipinski definition) is 1. The third-order valence-electron chi connectivity index (χ3n) is 12.0. The van der Waals surface area contributed by atoms with Crippen molar-refractivity contribution < 1.29 is 38.2 Å². The van der Waals surface area contributed by atoms with Crippen molar-refractivity contribution in [1.82, 2.24) is 9.80 Å². The Morgan fingerprint density at radius 1 is 0.619 bits per heavy atom. The molecule has 63 heavy (non-hydrogen) atoms. The maximum Gasteiger partial charge on any atom is 0.341 e. The zero-order chi connectivity index (χ0) is 45.9. The number of anilines is 1. The molecule has 0 aromatic carbocycles. The average molecular weight is 904 g/mol. The number of carbonyl (C=O) groups excluding carboxylic acids is 5. The van der Waals surface area contributed by atoms with Gasteiger partial charge in [-0.25, -0.2) is 4.79 Å². The van der Waals surface area contributed by atoms with Crippen LogP contribution in [0.5, 0.6) is 0 Å². The highest BCUT2D eigenvalue weighted by atomic mass is 32.1. The highest BCUT2D eigenvalue weighted by Gasteiger charge is 2.31. The Morgan fingerprint density at radius 2 is 1.14 bits per heavy atom. The van der Waals surface area contributed by atoms with E-state index in [1.165, 1.54) is 94.8 Å². The van der Waals surface area contributed by atoms with Crippen LogP contribution < -0.4 is 5.32 Å². The van der Waals surface area contributed by atoms with Crippen molar-refractivity contribution in [3.05, 3.63) is 16.0 Å². The molecule has 11 nitrogen and oxygen atoms in total. The van der Waals surface area contributed by atoms with Crippen LogP contribution in [-0.2, 0) is 46.4 Å². The van der Waals surface area contributed by atoms with Crippen molar-refractivity contribution in [3.8, 4) is 0 Å². The molecule has 1 aliphatic heterocycles. The van der Waals surface area contributed by atoms with Crippen molar-refractivity contribution in [1.29, 1.82) is 0 Å². The van der Waals surface area contributed by atoms with Crippen molar-refractivity contribution in [2.24, 2.45) is 0 Å². The van der Waals surface area contributed by atoms with E-state index in [0.717, 1.165) is 74.8 Å². The normalized spacial score (nSPS) is 12.9. The number of rotatable bonds is 39. The Morgan fingerprint density at radius 3 is 1.79 bits per heavy atom. The van der Waals surface area contributed by atoms with Crippen LogP contribution in [0.1, 0.15) is 234 Å². The predicted octanol–water partition coefficient (Wildman–Crippen LogP) is 12.5. The van der Waals surface area contributed by atoms with Crippen LogP contribution in [0.15, 0.2) is 0 Å². The van der Waals surface area contributed by atoms with E-state index in [-0.39, 0.29) is 36.5 Å².